The van der Waals surface area contributed by atoms with Crippen LogP contribution in [0.5, 0.6) is 17.2 Å². The van der Waals surface area contributed by atoms with Gasteiger partial charge in [0.15, 0.2) is 0 Å². The molecule has 4 aromatic rings. The number of carboxylic acid groups (broad SMARTS) is 1. The highest BCUT2D eigenvalue weighted by Gasteiger charge is 2.61. The van der Waals surface area contributed by atoms with Gasteiger partial charge in [0.1, 0.15) is 47.1 Å². The van der Waals surface area contributed by atoms with Gasteiger partial charge < -0.3 is 39.6 Å². The van der Waals surface area contributed by atoms with E-state index in [4.69, 9.17) is 23.9 Å². The number of aliphatic carboxylic acids is 1. The summed E-state index contributed by atoms with van der Waals surface area (Å²) in [6.07, 6.45) is 6.10. The van der Waals surface area contributed by atoms with Crippen molar-refractivity contribution in [2.24, 2.45) is 5.92 Å². The van der Waals surface area contributed by atoms with Crippen molar-refractivity contribution in [2.45, 2.75) is 74.8 Å². The minimum Gasteiger partial charge on any atom is -0.497 e. The van der Waals surface area contributed by atoms with Gasteiger partial charge in [-0.1, -0.05) is 54.6 Å². The van der Waals surface area contributed by atoms with Crippen molar-refractivity contribution in [1.82, 2.24) is 20.5 Å². The highest BCUT2D eigenvalue weighted by atomic mass is 16.6. The van der Waals surface area contributed by atoms with Crippen molar-refractivity contribution in [3.63, 3.8) is 0 Å². The van der Waals surface area contributed by atoms with E-state index >= 15 is 0 Å². The highest BCUT2D eigenvalue weighted by Crippen LogP contribution is 2.45. The van der Waals surface area contributed by atoms with Crippen molar-refractivity contribution < 1.29 is 43.2 Å². The lowest BCUT2D eigenvalue weighted by Gasteiger charge is -2.30. The highest BCUT2D eigenvalue weighted by molar-refractivity contribution is 5.96. The number of aromatic nitrogens is 1. The van der Waals surface area contributed by atoms with Crippen LogP contribution in [0.4, 0.5) is 4.79 Å². The van der Waals surface area contributed by atoms with Crippen LogP contribution in [0.1, 0.15) is 56.6 Å². The van der Waals surface area contributed by atoms with Gasteiger partial charge in [0.05, 0.1) is 31.5 Å². The number of alkyl carbamates (subject to hydrolysis) is 1. The van der Waals surface area contributed by atoms with Crippen molar-refractivity contribution in [1.29, 1.82) is 0 Å². The van der Waals surface area contributed by atoms with E-state index in [0.29, 0.717) is 52.4 Å². The first-order chi connectivity index (χ1) is 27.2. The summed E-state index contributed by atoms with van der Waals surface area (Å²) in [5.41, 5.74) is 1.07. The summed E-state index contributed by atoms with van der Waals surface area (Å²) in [5.74, 6) is -1.19. The third kappa shape index (κ3) is 7.58. The lowest BCUT2D eigenvalue weighted by molar-refractivity contribution is -0.145. The number of benzene rings is 3. The molecular weight excluding hydrogens is 716 g/mol. The summed E-state index contributed by atoms with van der Waals surface area (Å²) in [5, 5.41) is 16.6. The van der Waals surface area contributed by atoms with Crippen LogP contribution in [0.15, 0.2) is 91.0 Å². The van der Waals surface area contributed by atoms with E-state index in [2.05, 4.69) is 10.6 Å². The first-order valence-electron chi connectivity index (χ1n) is 19.1. The molecule has 3 amide bonds. The molecule has 2 aliphatic carbocycles. The summed E-state index contributed by atoms with van der Waals surface area (Å²) >= 11 is 0. The lowest BCUT2D eigenvalue weighted by Crippen LogP contribution is -2.54. The summed E-state index contributed by atoms with van der Waals surface area (Å²) in [6.45, 7) is 0.261. The zero-order valence-corrected chi connectivity index (χ0v) is 31.0. The zero-order valence-electron chi connectivity index (χ0n) is 31.0. The van der Waals surface area contributed by atoms with Gasteiger partial charge in [-0.2, -0.15) is 0 Å². The van der Waals surface area contributed by atoms with Crippen molar-refractivity contribution in [2.75, 3.05) is 20.3 Å². The van der Waals surface area contributed by atoms with Crippen LogP contribution in [-0.4, -0.2) is 82.9 Å². The van der Waals surface area contributed by atoms with Crippen molar-refractivity contribution >= 4 is 34.8 Å². The Labute approximate surface area is 324 Å². The van der Waals surface area contributed by atoms with E-state index in [1.807, 2.05) is 60.7 Å². The molecule has 0 radical (unpaired) electrons. The number of nitrogens with one attached hydrogen (secondary N) is 2. The summed E-state index contributed by atoms with van der Waals surface area (Å²) < 4.78 is 23.9. The predicted molar refractivity (Wildman–Crippen MR) is 205 cm³/mol. The van der Waals surface area contributed by atoms with Crippen LogP contribution < -0.4 is 24.8 Å². The Kier molecular flexibility index (Phi) is 10.2. The molecule has 8 rings (SSSR count). The smallest absolute Gasteiger partial charge is 0.408 e. The fourth-order valence-electron chi connectivity index (χ4n) is 8.03. The van der Waals surface area contributed by atoms with Gasteiger partial charge >= 0.3 is 12.1 Å². The van der Waals surface area contributed by atoms with Gasteiger partial charge in [-0.15, -0.1) is 0 Å². The van der Waals surface area contributed by atoms with Crippen LogP contribution in [0.25, 0.3) is 22.2 Å². The van der Waals surface area contributed by atoms with Gasteiger partial charge in [0, 0.05) is 35.4 Å². The number of pyridine rings is 1. The largest absolute Gasteiger partial charge is 0.497 e. The number of hydrogen-bond donors (Lipinski definition) is 3. The molecule has 5 atom stereocenters. The Morgan fingerprint density at radius 1 is 1.00 bits per heavy atom. The molecule has 1 unspecified atom stereocenters. The molecule has 3 N–H and O–H groups in total. The number of ether oxygens (including phenoxy) is 4. The van der Waals surface area contributed by atoms with E-state index in [0.717, 1.165) is 31.2 Å². The number of rotatable bonds is 7. The second-order valence-electron chi connectivity index (χ2n) is 14.8. The maximum atomic E-state index is 14.9. The molecule has 290 valence electrons. The summed E-state index contributed by atoms with van der Waals surface area (Å²) in [6, 6.07) is 21.5. The van der Waals surface area contributed by atoms with Crippen molar-refractivity contribution in [3.05, 3.63) is 96.6 Å². The monoisotopic (exact) mass is 760 g/mol. The third-order valence-corrected chi connectivity index (χ3v) is 11.1. The fourth-order valence-corrected chi connectivity index (χ4v) is 8.03. The Bertz CT molecular complexity index is 2170. The minimum absolute atomic E-state index is 0.0347. The van der Waals surface area contributed by atoms with E-state index in [1.54, 1.807) is 37.5 Å². The quantitative estimate of drug-likeness (QED) is 0.191. The van der Waals surface area contributed by atoms with Crippen LogP contribution in [-0.2, 0) is 19.1 Å². The topological polar surface area (TPSA) is 166 Å². The molecule has 1 aromatic heterocycles. The number of amides is 3. The molecule has 3 fully saturated rings. The van der Waals surface area contributed by atoms with Crippen LogP contribution in [0.3, 0.4) is 0 Å². The molecule has 13 heteroatoms. The molecular formula is C43H44N4O9. The summed E-state index contributed by atoms with van der Waals surface area (Å²) in [7, 11) is 1.58. The Hall–Kier alpha value is -6.11. The maximum Gasteiger partial charge on any atom is 0.408 e. The molecule has 4 aliphatic rings. The molecule has 56 heavy (non-hydrogen) atoms. The first-order valence-corrected chi connectivity index (χ1v) is 19.1. The third-order valence-electron chi connectivity index (χ3n) is 11.1. The van der Waals surface area contributed by atoms with Crippen LogP contribution >= 0.6 is 0 Å². The average Bonchev–Trinajstić information content (AvgIpc) is 3.46. The van der Waals surface area contributed by atoms with Gasteiger partial charge in [-0.3, -0.25) is 9.59 Å². The number of fused-ring (bicyclic) bond motifs is 5. The summed E-state index contributed by atoms with van der Waals surface area (Å²) in [4.78, 5) is 61.5. The molecule has 2 saturated carbocycles. The van der Waals surface area contributed by atoms with Gasteiger partial charge in [-0.05, 0) is 68.4 Å². The molecule has 2 aliphatic heterocycles. The molecule has 0 spiro atoms. The van der Waals surface area contributed by atoms with Gasteiger partial charge in [0.2, 0.25) is 5.91 Å². The molecule has 13 nitrogen and oxygen atoms in total. The Morgan fingerprint density at radius 3 is 2.61 bits per heavy atom. The van der Waals surface area contributed by atoms with E-state index in [-0.39, 0.29) is 25.5 Å². The fraction of sp³-hybridized carbons (Fsp3) is 0.372. The first kappa shape index (κ1) is 36.8. The van der Waals surface area contributed by atoms with E-state index < -0.39 is 53.5 Å². The SMILES string of the molecule is COc1ccc2c(O[C@@H]3C[C@H]4C(=O)N[C@@]5(C(=O)O)CC5/C=C\CCOc5cccc(c5)[C@@H](NC(=O)OC5CCCC5)C(=O)N4C3)cc(-c3ccccc3)nc2c1. The average molecular weight is 761 g/mol. The molecule has 3 heterocycles. The second kappa shape index (κ2) is 15.6. The van der Waals surface area contributed by atoms with E-state index in [1.165, 1.54) is 4.90 Å². The number of methoxy groups -OCH3 is 1. The molecule has 3 aromatic carbocycles. The standard InChI is InChI=1S/C43H44N4O9/c1-53-30-17-18-33-35(21-30)44-34(26-10-3-2-4-11-26)23-37(33)55-32-22-36-39(48)46-43(41(50)51)24-28(43)13-7-8-19-54-31-16-9-12-27(20-31)38(40(49)47(36)25-32)45-42(52)56-29-14-5-6-15-29/h2-4,7,9-13,16-18,20-21,23,28-29,32,36,38H,5-6,8,14-15,19,22,24-25H2,1H3,(H,45,52)(H,46,48)(H,50,51)/b13-7-/t28?,32-,36+,38-,43+/m1/s1. The number of carbonyl (C=O) groups is 4. The Balaban J connectivity index is 1.16. The molecule has 1 saturated heterocycles. The lowest BCUT2D eigenvalue weighted by atomic mass is 10.0. The number of carbonyl (C=O) groups excluding carboxylic acids is 3. The van der Waals surface area contributed by atoms with Gasteiger partial charge in [-0.25, -0.2) is 14.6 Å². The van der Waals surface area contributed by atoms with Crippen molar-refractivity contribution in [3.8, 4) is 28.5 Å². The van der Waals surface area contributed by atoms with Gasteiger partial charge in [0.25, 0.3) is 5.91 Å². The zero-order chi connectivity index (χ0) is 38.8. The van der Waals surface area contributed by atoms with E-state index in [9.17, 15) is 24.3 Å². The second-order valence-corrected chi connectivity index (χ2v) is 14.8. The molecule has 2 bridgehead atoms. The van der Waals surface area contributed by atoms with Crippen LogP contribution in [0.2, 0.25) is 0 Å². The maximum absolute atomic E-state index is 14.9. The predicted octanol–water partition coefficient (Wildman–Crippen LogP) is 5.97. The Morgan fingerprint density at radius 2 is 1.82 bits per heavy atom. The van der Waals surface area contributed by atoms with Crippen LogP contribution in [0, 0.1) is 5.92 Å². The number of nitrogens with zero attached hydrogens (tertiary/aromatic N) is 2. The number of carboxylic acids is 1. The minimum atomic E-state index is -1.52. The number of hydrogen-bond acceptors (Lipinski definition) is 9. The normalized spacial score (nSPS) is 25.6.